The van der Waals surface area contributed by atoms with E-state index >= 15 is 0 Å². The van der Waals surface area contributed by atoms with E-state index in [-0.39, 0.29) is 18.6 Å². The molecule has 0 aliphatic rings. The van der Waals surface area contributed by atoms with E-state index in [0.717, 1.165) is 23.2 Å². The fourth-order valence-electron chi connectivity index (χ4n) is 3.52. The van der Waals surface area contributed by atoms with Gasteiger partial charge in [0, 0.05) is 48.3 Å². The molecule has 3 heterocycles. The van der Waals surface area contributed by atoms with Crippen LogP contribution >= 0.6 is 0 Å². The van der Waals surface area contributed by atoms with Gasteiger partial charge in [0.1, 0.15) is 0 Å². The van der Waals surface area contributed by atoms with Gasteiger partial charge < -0.3 is 20.8 Å². The lowest BCUT2D eigenvalue weighted by Gasteiger charge is -2.13. The van der Waals surface area contributed by atoms with Crippen molar-refractivity contribution in [3.8, 4) is 0 Å². The molecule has 1 atom stereocenters. The van der Waals surface area contributed by atoms with Gasteiger partial charge in [-0.3, -0.25) is 10.3 Å². The molecule has 9 heteroatoms. The maximum absolute atomic E-state index is 11.5. The highest BCUT2D eigenvalue weighted by molar-refractivity contribution is 5.83. The average molecular weight is 458 g/mol. The van der Waals surface area contributed by atoms with E-state index in [2.05, 4.69) is 42.7 Å². The summed E-state index contributed by atoms with van der Waals surface area (Å²) < 4.78 is 4.84. The minimum absolute atomic E-state index is 0.0512. The lowest BCUT2D eigenvalue weighted by molar-refractivity contribution is 0.167. The number of carbonyl (C=O) groups is 1. The number of nitrogens with two attached hydrogens (primary N) is 1. The molecule has 1 aromatic carbocycles. The number of amides is 1. The first-order chi connectivity index (χ1) is 16.6. The number of pyridine rings is 1. The Morgan fingerprint density at radius 3 is 3.00 bits per heavy atom. The maximum atomic E-state index is 11.5. The third kappa shape index (κ3) is 6.17. The summed E-state index contributed by atoms with van der Waals surface area (Å²) in [5.74, 6) is 0.179. The lowest BCUT2D eigenvalue weighted by Crippen LogP contribution is -2.31. The van der Waals surface area contributed by atoms with E-state index in [9.17, 15) is 4.79 Å². The van der Waals surface area contributed by atoms with E-state index in [4.69, 9.17) is 10.5 Å². The maximum Gasteiger partial charge on any atom is 0.414 e. The van der Waals surface area contributed by atoms with Crippen LogP contribution in [0.25, 0.3) is 23.1 Å². The zero-order chi connectivity index (χ0) is 23.8. The third-order valence-corrected chi connectivity index (χ3v) is 5.10. The standard InChI is InChI=1S/C25H27N7O2/c1-2-34-25(33)32-24-28-10-9-20(31-24)8-7-17-11-21(16-27-13-17)29-15-19(26)12-18-14-30-23-6-4-3-5-22(18)23/h3-11,13-14,16,19,29-30H,2,12,15,26H2,1H3,(H,28,31,32,33)/b8-7+/t19-/m0/s1. The van der Waals surface area contributed by atoms with Gasteiger partial charge in [-0.15, -0.1) is 0 Å². The van der Waals surface area contributed by atoms with Crippen molar-refractivity contribution in [2.24, 2.45) is 5.73 Å². The Labute approximate surface area is 197 Å². The number of para-hydroxylation sites is 1. The molecule has 4 rings (SSSR count). The fourth-order valence-corrected chi connectivity index (χ4v) is 3.52. The number of nitrogens with zero attached hydrogens (tertiary/aromatic N) is 3. The second kappa shape index (κ2) is 11.1. The van der Waals surface area contributed by atoms with Crippen LogP contribution in [0.1, 0.15) is 23.7 Å². The number of carbonyl (C=O) groups excluding carboxylic acids is 1. The number of fused-ring (bicyclic) bond motifs is 1. The number of nitrogens with one attached hydrogen (secondary N) is 3. The van der Waals surface area contributed by atoms with Gasteiger partial charge in [0.25, 0.3) is 0 Å². The Bertz CT molecular complexity index is 1290. The second-order valence-electron chi connectivity index (χ2n) is 7.70. The Morgan fingerprint density at radius 2 is 2.12 bits per heavy atom. The molecule has 0 bridgehead atoms. The number of hydrogen-bond donors (Lipinski definition) is 4. The molecule has 3 aromatic heterocycles. The molecule has 0 aliphatic carbocycles. The predicted molar refractivity (Wildman–Crippen MR) is 134 cm³/mol. The number of benzene rings is 1. The molecule has 0 aliphatic heterocycles. The summed E-state index contributed by atoms with van der Waals surface area (Å²) in [6, 6.07) is 11.9. The van der Waals surface area contributed by atoms with Crippen molar-refractivity contribution in [1.29, 1.82) is 0 Å². The van der Waals surface area contributed by atoms with Gasteiger partial charge in [0.2, 0.25) is 5.95 Å². The molecule has 0 saturated carbocycles. The first-order valence-corrected chi connectivity index (χ1v) is 11.0. The monoisotopic (exact) mass is 457 g/mol. The Morgan fingerprint density at radius 1 is 1.24 bits per heavy atom. The number of aromatic amines is 1. The summed E-state index contributed by atoms with van der Waals surface area (Å²) in [6.45, 7) is 2.62. The molecule has 0 radical (unpaired) electrons. The number of anilines is 2. The summed E-state index contributed by atoms with van der Waals surface area (Å²) in [5.41, 5.74) is 11.1. The van der Waals surface area contributed by atoms with Crippen molar-refractivity contribution in [2.75, 3.05) is 23.8 Å². The highest BCUT2D eigenvalue weighted by atomic mass is 16.5. The minimum atomic E-state index is -0.588. The smallest absolute Gasteiger partial charge is 0.414 e. The van der Waals surface area contributed by atoms with Crippen LogP contribution in [-0.4, -0.2) is 45.2 Å². The van der Waals surface area contributed by atoms with Crippen LogP contribution in [0.4, 0.5) is 16.4 Å². The van der Waals surface area contributed by atoms with Gasteiger partial charge >= 0.3 is 6.09 Å². The highest BCUT2D eigenvalue weighted by Crippen LogP contribution is 2.19. The molecule has 34 heavy (non-hydrogen) atoms. The highest BCUT2D eigenvalue weighted by Gasteiger charge is 2.09. The van der Waals surface area contributed by atoms with Crippen molar-refractivity contribution in [1.82, 2.24) is 19.9 Å². The average Bonchev–Trinajstić information content (AvgIpc) is 3.25. The lowest BCUT2D eigenvalue weighted by atomic mass is 10.1. The van der Waals surface area contributed by atoms with Crippen LogP contribution < -0.4 is 16.4 Å². The molecule has 0 spiro atoms. The number of aromatic nitrogens is 4. The van der Waals surface area contributed by atoms with Crippen LogP contribution in [0.15, 0.2) is 61.2 Å². The fraction of sp³-hybridized carbons (Fsp3) is 0.200. The number of H-pyrrole nitrogens is 1. The van der Waals surface area contributed by atoms with Gasteiger partial charge in [0.15, 0.2) is 0 Å². The molecular formula is C25H27N7O2. The third-order valence-electron chi connectivity index (χ3n) is 5.10. The van der Waals surface area contributed by atoms with Gasteiger partial charge in [-0.25, -0.2) is 14.8 Å². The molecule has 0 saturated heterocycles. The molecule has 9 nitrogen and oxygen atoms in total. The van der Waals surface area contributed by atoms with Crippen molar-refractivity contribution in [3.05, 3.63) is 78.0 Å². The summed E-state index contributed by atoms with van der Waals surface area (Å²) in [6.07, 6.45) is 11.0. The summed E-state index contributed by atoms with van der Waals surface area (Å²) in [7, 11) is 0. The summed E-state index contributed by atoms with van der Waals surface area (Å²) in [4.78, 5) is 27.4. The Kier molecular flexibility index (Phi) is 7.46. The SMILES string of the molecule is CCOC(=O)Nc1nccc(/C=C/c2cncc(NC[C@@H](N)Cc3c[nH]c4ccccc34)c2)n1. The predicted octanol–water partition coefficient (Wildman–Crippen LogP) is 4.07. The van der Waals surface area contributed by atoms with Crippen molar-refractivity contribution >= 4 is 40.8 Å². The second-order valence-corrected chi connectivity index (χ2v) is 7.70. The van der Waals surface area contributed by atoms with Crippen LogP contribution in [0.5, 0.6) is 0 Å². The molecule has 0 unspecified atom stereocenters. The van der Waals surface area contributed by atoms with Crippen molar-refractivity contribution < 1.29 is 9.53 Å². The molecular weight excluding hydrogens is 430 g/mol. The molecule has 0 fully saturated rings. The normalized spacial score (nSPS) is 12.1. The number of hydrogen-bond acceptors (Lipinski definition) is 7. The van der Waals surface area contributed by atoms with Gasteiger partial charge in [-0.05, 0) is 48.7 Å². The first kappa shape index (κ1) is 22.9. The number of rotatable bonds is 9. The van der Waals surface area contributed by atoms with Gasteiger partial charge in [0.05, 0.1) is 18.0 Å². The van der Waals surface area contributed by atoms with Crippen LogP contribution in [0.2, 0.25) is 0 Å². The van der Waals surface area contributed by atoms with Crippen molar-refractivity contribution in [2.45, 2.75) is 19.4 Å². The zero-order valence-corrected chi connectivity index (χ0v) is 18.9. The van der Waals surface area contributed by atoms with Crippen molar-refractivity contribution in [3.63, 3.8) is 0 Å². The van der Waals surface area contributed by atoms with E-state index < -0.39 is 6.09 Å². The van der Waals surface area contributed by atoms with E-state index in [1.54, 1.807) is 31.6 Å². The zero-order valence-electron chi connectivity index (χ0n) is 18.9. The van der Waals surface area contributed by atoms with Crippen LogP contribution in [0.3, 0.4) is 0 Å². The quantitative estimate of drug-likeness (QED) is 0.298. The topological polar surface area (TPSA) is 131 Å². The minimum Gasteiger partial charge on any atom is -0.450 e. The van der Waals surface area contributed by atoms with Gasteiger partial charge in [-0.1, -0.05) is 24.3 Å². The summed E-state index contributed by atoms with van der Waals surface area (Å²) >= 11 is 0. The van der Waals surface area contributed by atoms with Gasteiger partial charge in [-0.2, -0.15) is 0 Å². The van der Waals surface area contributed by atoms with E-state index in [1.165, 1.54) is 10.9 Å². The number of ether oxygens (including phenoxy) is 1. The molecule has 4 aromatic rings. The van der Waals surface area contributed by atoms with Crippen LogP contribution in [-0.2, 0) is 11.2 Å². The Hall–Kier alpha value is -4.24. The molecule has 174 valence electrons. The van der Waals surface area contributed by atoms with Crippen LogP contribution in [0, 0.1) is 0 Å². The molecule has 1 amide bonds. The molecule has 5 N–H and O–H groups in total. The Balaban J connectivity index is 1.34. The van der Waals surface area contributed by atoms with E-state index in [1.807, 2.05) is 36.5 Å². The largest absolute Gasteiger partial charge is 0.450 e. The van der Waals surface area contributed by atoms with E-state index in [0.29, 0.717) is 12.2 Å². The first-order valence-electron chi connectivity index (χ1n) is 11.0. The summed E-state index contributed by atoms with van der Waals surface area (Å²) in [5, 5.41) is 7.06.